The number of ketones is 1. The first-order valence-corrected chi connectivity index (χ1v) is 12.9. The molecule has 4 fully saturated rings. The van der Waals surface area contributed by atoms with Crippen LogP contribution in [-0.2, 0) is 14.3 Å². The van der Waals surface area contributed by atoms with Crippen LogP contribution in [0.3, 0.4) is 0 Å². The smallest absolute Gasteiger partial charge is 0.305 e. The molecule has 0 saturated heterocycles. The van der Waals surface area contributed by atoms with Crippen molar-refractivity contribution in [1.29, 1.82) is 0 Å². The zero-order valence-corrected chi connectivity index (χ0v) is 20.5. The molecule has 172 valence electrons. The van der Waals surface area contributed by atoms with Gasteiger partial charge in [0.2, 0.25) is 0 Å². The molecular weight excluding hydrogens is 372 g/mol. The summed E-state index contributed by atoms with van der Waals surface area (Å²) < 4.78 is 4.87. The second-order valence-electron chi connectivity index (χ2n) is 11.2. The van der Waals surface area contributed by atoms with Gasteiger partial charge >= 0.3 is 5.97 Å². The summed E-state index contributed by atoms with van der Waals surface area (Å²) in [5, 5.41) is 0. The Morgan fingerprint density at radius 2 is 1.73 bits per heavy atom. The lowest BCUT2D eigenvalue weighted by atomic mass is 9.44. The Hall–Kier alpha value is -0.860. The monoisotopic (exact) mass is 418 g/mol. The van der Waals surface area contributed by atoms with Crippen LogP contribution in [-0.4, -0.2) is 18.9 Å². The van der Waals surface area contributed by atoms with Crippen LogP contribution >= 0.6 is 0 Å². The fraction of sp³-hybridized carbons (Fsp3) is 0.926. The van der Waals surface area contributed by atoms with Crippen molar-refractivity contribution in [2.45, 2.75) is 105 Å². The average molecular weight is 419 g/mol. The van der Waals surface area contributed by atoms with Gasteiger partial charge < -0.3 is 4.74 Å². The van der Waals surface area contributed by atoms with E-state index in [4.69, 9.17) is 4.74 Å². The Labute approximate surface area is 185 Å². The number of carbonyl (C=O) groups excluding carboxylic acids is 2. The van der Waals surface area contributed by atoms with Crippen molar-refractivity contribution in [3.8, 4) is 0 Å². The highest BCUT2D eigenvalue weighted by Gasteiger charge is 2.60. The lowest BCUT2D eigenvalue weighted by Gasteiger charge is -2.60. The summed E-state index contributed by atoms with van der Waals surface area (Å²) in [4.78, 5) is 23.7. The van der Waals surface area contributed by atoms with Crippen molar-refractivity contribution in [1.82, 2.24) is 0 Å². The summed E-state index contributed by atoms with van der Waals surface area (Å²) in [6.45, 7) is 11.5. The van der Waals surface area contributed by atoms with Crippen molar-refractivity contribution in [2.75, 3.05) is 7.11 Å². The molecule has 0 spiro atoms. The molecule has 3 nitrogen and oxygen atoms in total. The molecule has 0 bridgehead atoms. The van der Waals surface area contributed by atoms with Crippen LogP contribution in [0.1, 0.15) is 105 Å². The first-order valence-electron chi connectivity index (χ1n) is 12.9. The second kappa shape index (κ2) is 9.33. The molecule has 0 aromatic rings. The molecule has 4 rings (SSSR count). The van der Waals surface area contributed by atoms with E-state index in [0.29, 0.717) is 34.9 Å². The quantitative estimate of drug-likeness (QED) is 0.470. The molecule has 0 aliphatic heterocycles. The van der Waals surface area contributed by atoms with Gasteiger partial charge in [-0.3, -0.25) is 9.59 Å². The fourth-order valence-corrected chi connectivity index (χ4v) is 8.67. The largest absolute Gasteiger partial charge is 0.469 e. The van der Waals surface area contributed by atoms with E-state index < -0.39 is 0 Å². The highest BCUT2D eigenvalue weighted by Crippen LogP contribution is 2.68. The van der Waals surface area contributed by atoms with Gasteiger partial charge in [-0.25, -0.2) is 0 Å². The van der Waals surface area contributed by atoms with E-state index in [1.165, 1.54) is 45.6 Å². The van der Waals surface area contributed by atoms with E-state index in [1.54, 1.807) is 0 Å². The van der Waals surface area contributed by atoms with Crippen molar-refractivity contribution in [3.63, 3.8) is 0 Å². The number of Topliss-reactive ketones (excluding diaryl/α,β-unsaturated/α-hetero) is 1. The van der Waals surface area contributed by atoms with Crippen LogP contribution in [0, 0.1) is 46.3 Å². The summed E-state index contributed by atoms with van der Waals surface area (Å²) >= 11 is 0. The van der Waals surface area contributed by atoms with Gasteiger partial charge in [-0.2, -0.15) is 0 Å². The van der Waals surface area contributed by atoms with Gasteiger partial charge in [-0.1, -0.05) is 34.6 Å². The first kappa shape index (κ1) is 23.8. The van der Waals surface area contributed by atoms with Crippen molar-refractivity contribution in [3.05, 3.63) is 0 Å². The number of hydrogen-bond acceptors (Lipinski definition) is 3. The average Bonchev–Trinajstić information content (AvgIpc) is 3.11. The molecule has 0 aromatic heterocycles. The zero-order valence-electron chi connectivity index (χ0n) is 20.5. The molecule has 0 radical (unpaired) electrons. The zero-order chi connectivity index (χ0) is 22.1. The number of hydrogen-bond donors (Lipinski definition) is 0. The summed E-state index contributed by atoms with van der Waals surface area (Å²) in [6.07, 6.45) is 12.4. The van der Waals surface area contributed by atoms with E-state index >= 15 is 0 Å². The molecule has 30 heavy (non-hydrogen) atoms. The Morgan fingerprint density at radius 1 is 1.03 bits per heavy atom. The van der Waals surface area contributed by atoms with Crippen LogP contribution in [0.25, 0.3) is 0 Å². The SMILES string of the molecule is CC.COC(=O)CCC(C)C1CCC2C3CCC4CC(=O)CCC4(C)C3CCC12C. The number of esters is 1. The summed E-state index contributed by atoms with van der Waals surface area (Å²) in [5.41, 5.74) is 0.858. The van der Waals surface area contributed by atoms with E-state index in [2.05, 4.69) is 20.8 Å². The molecule has 8 atom stereocenters. The third-order valence-corrected chi connectivity index (χ3v) is 10.3. The van der Waals surface area contributed by atoms with Gasteiger partial charge in [0.15, 0.2) is 0 Å². The molecule has 0 N–H and O–H groups in total. The van der Waals surface area contributed by atoms with Gasteiger partial charge in [-0.05, 0) is 97.7 Å². The third kappa shape index (κ3) is 3.99. The fourth-order valence-electron chi connectivity index (χ4n) is 8.67. The van der Waals surface area contributed by atoms with Gasteiger partial charge in [0.1, 0.15) is 5.78 Å². The van der Waals surface area contributed by atoms with Gasteiger partial charge in [0, 0.05) is 19.3 Å². The molecule has 4 saturated carbocycles. The molecule has 0 heterocycles. The normalized spacial score (nSPS) is 43.4. The van der Waals surface area contributed by atoms with Crippen LogP contribution in [0.5, 0.6) is 0 Å². The van der Waals surface area contributed by atoms with Crippen molar-refractivity contribution >= 4 is 11.8 Å². The van der Waals surface area contributed by atoms with Crippen LogP contribution in [0.2, 0.25) is 0 Å². The molecular formula is C27H46O3. The summed E-state index contributed by atoms with van der Waals surface area (Å²) in [5.74, 6) is 5.01. The highest BCUT2D eigenvalue weighted by molar-refractivity contribution is 5.79. The molecule has 0 amide bonds. The lowest BCUT2D eigenvalue weighted by molar-refractivity contribution is -0.141. The van der Waals surface area contributed by atoms with Crippen LogP contribution in [0.4, 0.5) is 0 Å². The highest BCUT2D eigenvalue weighted by atomic mass is 16.5. The Bertz CT molecular complexity index is 628. The van der Waals surface area contributed by atoms with Crippen LogP contribution in [0.15, 0.2) is 0 Å². The lowest BCUT2D eigenvalue weighted by Crippen LogP contribution is -2.53. The predicted molar refractivity (Wildman–Crippen MR) is 122 cm³/mol. The van der Waals surface area contributed by atoms with Crippen molar-refractivity contribution in [2.24, 2.45) is 46.3 Å². The maximum atomic E-state index is 12.1. The maximum absolute atomic E-state index is 12.1. The number of fused-ring (bicyclic) bond motifs is 5. The molecule has 4 aliphatic rings. The molecule has 3 heteroatoms. The van der Waals surface area contributed by atoms with Gasteiger partial charge in [0.05, 0.1) is 7.11 Å². The molecule has 4 aliphatic carbocycles. The van der Waals surface area contributed by atoms with Gasteiger partial charge in [-0.15, -0.1) is 0 Å². The number of rotatable bonds is 4. The minimum atomic E-state index is -0.0617. The first-order chi connectivity index (χ1) is 14.3. The number of carbonyl (C=O) groups is 2. The van der Waals surface area contributed by atoms with E-state index in [9.17, 15) is 9.59 Å². The third-order valence-electron chi connectivity index (χ3n) is 10.3. The van der Waals surface area contributed by atoms with Crippen LogP contribution < -0.4 is 0 Å². The molecule has 8 unspecified atom stereocenters. The topological polar surface area (TPSA) is 43.4 Å². The van der Waals surface area contributed by atoms with E-state index in [0.717, 1.165) is 49.4 Å². The summed E-state index contributed by atoms with van der Waals surface area (Å²) in [6, 6.07) is 0. The standard InChI is InChI=1S/C25H40O3.C2H6/c1-16(5-10-23(27)28-4)20-8-9-21-19-7-6-17-15-18(26)11-13-24(17,2)22(19)12-14-25(20,21)3;1-2/h16-17,19-22H,5-15H2,1-4H3;1-2H3. The minimum absolute atomic E-state index is 0.0617. The second-order valence-corrected chi connectivity index (χ2v) is 11.2. The Kier molecular flexibility index (Phi) is 7.40. The number of ether oxygens (including phenoxy) is 1. The van der Waals surface area contributed by atoms with E-state index in [-0.39, 0.29) is 5.97 Å². The predicted octanol–water partition coefficient (Wildman–Crippen LogP) is 6.83. The van der Waals surface area contributed by atoms with Gasteiger partial charge in [0.25, 0.3) is 0 Å². The maximum Gasteiger partial charge on any atom is 0.305 e. The Morgan fingerprint density at radius 3 is 2.43 bits per heavy atom. The molecule has 0 aromatic carbocycles. The summed E-state index contributed by atoms with van der Waals surface area (Å²) in [7, 11) is 1.50. The number of methoxy groups -OCH3 is 1. The van der Waals surface area contributed by atoms with Crippen molar-refractivity contribution < 1.29 is 14.3 Å². The van der Waals surface area contributed by atoms with E-state index in [1.807, 2.05) is 13.8 Å². The Balaban J connectivity index is 0.00000124. The minimum Gasteiger partial charge on any atom is -0.469 e.